The first-order valence-electron chi connectivity index (χ1n) is 5.63. The molecule has 0 aliphatic heterocycles. The number of benzene rings is 1. The zero-order valence-electron chi connectivity index (χ0n) is 10.2. The first-order chi connectivity index (χ1) is 7.90. The van der Waals surface area contributed by atoms with Crippen molar-refractivity contribution in [2.75, 3.05) is 12.4 Å². The van der Waals surface area contributed by atoms with E-state index in [-0.39, 0.29) is 11.7 Å². The van der Waals surface area contributed by atoms with Crippen molar-refractivity contribution in [3.05, 3.63) is 29.8 Å². The Labute approximate surface area is 103 Å². The van der Waals surface area contributed by atoms with Crippen LogP contribution in [-0.4, -0.2) is 20.8 Å². The normalized spacial score (nSPS) is 13.4. The fourth-order valence-electron chi connectivity index (χ4n) is 1.50. The fourth-order valence-corrected chi connectivity index (χ4v) is 2.39. The largest absolute Gasteiger partial charge is 0.493 e. The maximum absolute atomic E-state index is 10.9. The van der Waals surface area contributed by atoms with Crippen LogP contribution in [0, 0.1) is 5.92 Å². The second kappa shape index (κ2) is 6.02. The minimum absolute atomic E-state index is 0.0555. The molecule has 0 spiro atoms. The molecule has 0 radical (unpaired) electrons. The first-order valence-corrected chi connectivity index (χ1v) is 7.34. The Hall–Kier alpha value is -1.07. The molecular weight excluding hydrogens is 238 g/mol. The number of primary sulfonamides is 1. The summed E-state index contributed by atoms with van der Waals surface area (Å²) in [6, 6.07) is 7.78. The Morgan fingerprint density at radius 3 is 2.35 bits per heavy atom. The molecule has 0 aliphatic carbocycles. The van der Waals surface area contributed by atoms with Crippen LogP contribution in [0.1, 0.15) is 19.4 Å². The molecule has 0 heterocycles. The average Bonchev–Trinajstić information content (AvgIpc) is 2.25. The molecule has 4 nitrogen and oxygen atoms in total. The van der Waals surface area contributed by atoms with E-state index in [9.17, 15) is 8.42 Å². The highest BCUT2D eigenvalue weighted by atomic mass is 32.2. The van der Waals surface area contributed by atoms with Gasteiger partial charge in [0.2, 0.25) is 10.0 Å². The van der Waals surface area contributed by atoms with E-state index < -0.39 is 10.0 Å². The van der Waals surface area contributed by atoms with Gasteiger partial charge in [-0.2, -0.15) is 0 Å². The van der Waals surface area contributed by atoms with E-state index in [1.807, 2.05) is 24.3 Å². The zero-order valence-corrected chi connectivity index (χ0v) is 11.0. The van der Waals surface area contributed by atoms with Gasteiger partial charge < -0.3 is 4.74 Å². The molecule has 0 bridgehead atoms. The molecule has 5 heteroatoms. The summed E-state index contributed by atoms with van der Waals surface area (Å²) >= 11 is 0. The van der Waals surface area contributed by atoms with Gasteiger partial charge in [-0.3, -0.25) is 0 Å². The summed E-state index contributed by atoms with van der Waals surface area (Å²) in [5, 5.41) is 4.96. The highest BCUT2D eigenvalue weighted by Gasteiger charge is 2.11. The molecular formula is C12H19NO3S. The third kappa shape index (κ3) is 5.70. The maximum atomic E-state index is 10.9. The molecule has 0 aliphatic rings. The van der Waals surface area contributed by atoms with Gasteiger partial charge in [-0.1, -0.05) is 26.0 Å². The van der Waals surface area contributed by atoms with Gasteiger partial charge in [0.05, 0.1) is 12.4 Å². The summed E-state index contributed by atoms with van der Waals surface area (Å²) in [6.07, 6.45) is 0.988. The molecule has 0 fully saturated rings. The van der Waals surface area contributed by atoms with Crippen molar-refractivity contribution in [3.8, 4) is 5.75 Å². The lowest BCUT2D eigenvalue weighted by Crippen LogP contribution is -2.25. The lowest BCUT2D eigenvalue weighted by molar-refractivity contribution is 0.272. The first kappa shape index (κ1) is 14.0. The van der Waals surface area contributed by atoms with Gasteiger partial charge in [-0.25, -0.2) is 13.6 Å². The molecule has 96 valence electrons. The molecule has 17 heavy (non-hydrogen) atoms. The van der Waals surface area contributed by atoms with Crippen LogP contribution in [0.3, 0.4) is 0 Å². The maximum Gasteiger partial charge on any atom is 0.209 e. The van der Waals surface area contributed by atoms with E-state index in [4.69, 9.17) is 9.88 Å². The second-order valence-electron chi connectivity index (χ2n) is 4.24. The van der Waals surface area contributed by atoms with Gasteiger partial charge in [0, 0.05) is 5.92 Å². The Balaban J connectivity index is 2.44. The lowest BCUT2D eigenvalue weighted by atomic mass is 10.2. The number of ether oxygens (including phenoxy) is 1. The number of hydrogen-bond donors (Lipinski definition) is 1. The molecule has 1 aromatic carbocycles. The van der Waals surface area contributed by atoms with E-state index in [0.29, 0.717) is 6.61 Å². The van der Waals surface area contributed by atoms with E-state index in [1.54, 1.807) is 6.92 Å². The van der Waals surface area contributed by atoms with Crippen LogP contribution >= 0.6 is 0 Å². The SMILES string of the molecule is CCc1ccc(OCC(C)CS(N)(=O)=O)cc1. The molecule has 0 amide bonds. The molecule has 0 aromatic heterocycles. The van der Waals surface area contributed by atoms with Crippen molar-refractivity contribution in [3.63, 3.8) is 0 Å². The second-order valence-corrected chi connectivity index (χ2v) is 5.90. The van der Waals surface area contributed by atoms with Crippen molar-refractivity contribution < 1.29 is 13.2 Å². The van der Waals surface area contributed by atoms with Crippen LogP contribution in [0.4, 0.5) is 0 Å². The molecule has 1 atom stereocenters. The zero-order chi connectivity index (χ0) is 12.9. The van der Waals surface area contributed by atoms with Gasteiger partial charge in [0.25, 0.3) is 0 Å². The highest BCUT2D eigenvalue weighted by molar-refractivity contribution is 7.89. The summed E-state index contributed by atoms with van der Waals surface area (Å²) in [4.78, 5) is 0. The van der Waals surface area contributed by atoms with Crippen LogP contribution in [-0.2, 0) is 16.4 Å². The molecule has 1 rings (SSSR count). The predicted octanol–water partition coefficient (Wildman–Crippen LogP) is 1.55. The third-order valence-corrected chi connectivity index (χ3v) is 3.42. The van der Waals surface area contributed by atoms with Gasteiger partial charge in [0.15, 0.2) is 0 Å². The number of sulfonamides is 1. The highest BCUT2D eigenvalue weighted by Crippen LogP contribution is 2.13. The van der Waals surface area contributed by atoms with Crippen molar-refractivity contribution in [1.29, 1.82) is 0 Å². The number of rotatable bonds is 6. The molecule has 1 aromatic rings. The van der Waals surface area contributed by atoms with Crippen LogP contribution in [0.15, 0.2) is 24.3 Å². The van der Waals surface area contributed by atoms with E-state index in [2.05, 4.69) is 6.92 Å². The molecule has 2 N–H and O–H groups in total. The van der Waals surface area contributed by atoms with Crippen molar-refractivity contribution in [2.24, 2.45) is 11.1 Å². The van der Waals surface area contributed by atoms with Crippen LogP contribution < -0.4 is 9.88 Å². The Morgan fingerprint density at radius 2 is 1.88 bits per heavy atom. The minimum Gasteiger partial charge on any atom is -0.493 e. The van der Waals surface area contributed by atoms with Gasteiger partial charge in [-0.05, 0) is 24.1 Å². The quantitative estimate of drug-likeness (QED) is 0.840. The van der Waals surface area contributed by atoms with Crippen molar-refractivity contribution in [2.45, 2.75) is 20.3 Å². The molecule has 1 unspecified atom stereocenters. The summed E-state index contributed by atoms with van der Waals surface area (Å²) in [7, 11) is -3.42. The number of aryl methyl sites for hydroxylation is 1. The number of nitrogens with two attached hydrogens (primary N) is 1. The topological polar surface area (TPSA) is 69.4 Å². The summed E-state index contributed by atoms with van der Waals surface area (Å²) in [5.74, 6) is 0.583. The van der Waals surface area contributed by atoms with E-state index in [0.717, 1.165) is 12.2 Å². The van der Waals surface area contributed by atoms with Crippen molar-refractivity contribution in [1.82, 2.24) is 0 Å². The fraction of sp³-hybridized carbons (Fsp3) is 0.500. The number of hydrogen-bond acceptors (Lipinski definition) is 3. The monoisotopic (exact) mass is 257 g/mol. The van der Waals surface area contributed by atoms with Gasteiger partial charge in [0.1, 0.15) is 5.75 Å². The van der Waals surface area contributed by atoms with Crippen LogP contribution in [0.2, 0.25) is 0 Å². The van der Waals surface area contributed by atoms with E-state index in [1.165, 1.54) is 5.56 Å². The smallest absolute Gasteiger partial charge is 0.209 e. The third-order valence-electron chi connectivity index (χ3n) is 2.38. The van der Waals surface area contributed by atoms with Gasteiger partial charge >= 0.3 is 0 Å². The van der Waals surface area contributed by atoms with E-state index >= 15 is 0 Å². The average molecular weight is 257 g/mol. The molecule has 0 saturated heterocycles. The summed E-state index contributed by atoms with van der Waals surface area (Å²) in [5.41, 5.74) is 1.25. The lowest BCUT2D eigenvalue weighted by Gasteiger charge is -2.12. The Bertz CT molecular complexity index is 439. The van der Waals surface area contributed by atoms with Crippen molar-refractivity contribution >= 4 is 10.0 Å². The summed E-state index contributed by atoms with van der Waals surface area (Å²) < 4.78 is 27.2. The summed E-state index contributed by atoms with van der Waals surface area (Å²) in [6.45, 7) is 4.23. The predicted molar refractivity (Wildman–Crippen MR) is 68.5 cm³/mol. The standard InChI is InChI=1S/C12H19NO3S/c1-3-11-4-6-12(7-5-11)16-8-10(2)9-17(13,14)15/h4-7,10H,3,8-9H2,1-2H3,(H2,13,14,15). The van der Waals surface area contributed by atoms with Gasteiger partial charge in [-0.15, -0.1) is 0 Å². The molecule has 0 saturated carbocycles. The Kier molecular flexibility index (Phi) is 4.96. The Morgan fingerprint density at radius 1 is 1.29 bits per heavy atom. The van der Waals surface area contributed by atoms with Crippen LogP contribution in [0.25, 0.3) is 0 Å². The van der Waals surface area contributed by atoms with Crippen LogP contribution in [0.5, 0.6) is 5.75 Å². The minimum atomic E-state index is -3.42.